The number of hydrogen-bond donors (Lipinski definition) is 1. The molecule has 9 heteroatoms. The van der Waals surface area contributed by atoms with Crippen molar-refractivity contribution in [3.8, 4) is 0 Å². The number of sulfonamides is 1. The van der Waals surface area contributed by atoms with Gasteiger partial charge in [-0.1, -0.05) is 6.07 Å². The SMILES string of the molecule is CCN(CC)c1ccc(S(=O)(=O)N2CCOCC2)cc1NC(=O)c1cccs1. The number of benzene rings is 1. The monoisotopic (exact) mass is 423 g/mol. The highest BCUT2D eigenvalue weighted by atomic mass is 32.2. The fourth-order valence-electron chi connectivity index (χ4n) is 3.14. The topological polar surface area (TPSA) is 79.0 Å². The molecule has 1 saturated heterocycles. The molecule has 152 valence electrons. The van der Waals surface area contributed by atoms with E-state index in [2.05, 4.69) is 10.2 Å². The third-order valence-corrected chi connectivity index (χ3v) is 7.44. The van der Waals surface area contributed by atoms with Gasteiger partial charge in [-0.25, -0.2) is 8.42 Å². The van der Waals surface area contributed by atoms with Gasteiger partial charge in [0, 0.05) is 26.2 Å². The zero-order chi connectivity index (χ0) is 20.1. The maximum atomic E-state index is 13.0. The molecule has 1 aromatic carbocycles. The highest BCUT2D eigenvalue weighted by Gasteiger charge is 2.27. The summed E-state index contributed by atoms with van der Waals surface area (Å²) in [4.78, 5) is 15.4. The van der Waals surface area contributed by atoms with E-state index in [0.29, 0.717) is 36.9 Å². The Morgan fingerprint density at radius 3 is 2.54 bits per heavy atom. The van der Waals surface area contributed by atoms with Crippen molar-refractivity contribution in [1.29, 1.82) is 0 Å². The zero-order valence-electron chi connectivity index (χ0n) is 16.1. The van der Waals surface area contributed by atoms with E-state index in [-0.39, 0.29) is 10.8 Å². The molecule has 0 bridgehead atoms. The van der Waals surface area contributed by atoms with Crippen LogP contribution in [-0.4, -0.2) is 58.0 Å². The summed E-state index contributed by atoms with van der Waals surface area (Å²) < 4.78 is 32.7. The average molecular weight is 424 g/mol. The fraction of sp³-hybridized carbons (Fsp3) is 0.421. The summed E-state index contributed by atoms with van der Waals surface area (Å²) in [5.41, 5.74) is 1.30. The van der Waals surface area contributed by atoms with E-state index in [9.17, 15) is 13.2 Å². The normalized spacial score (nSPS) is 15.4. The van der Waals surface area contributed by atoms with E-state index in [0.717, 1.165) is 18.8 Å². The Kier molecular flexibility index (Phi) is 6.71. The molecule has 2 heterocycles. The largest absolute Gasteiger partial charge is 0.379 e. The van der Waals surface area contributed by atoms with Crippen LogP contribution in [0.5, 0.6) is 0 Å². The van der Waals surface area contributed by atoms with E-state index in [1.807, 2.05) is 25.3 Å². The van der Waals surface area contributed by atoms with Crippen LogP contribution in [0.4, 0.5) is 11.4 Å². The van der Waals surface area contributed by atoms with Crippen LogP contribution in [0.2, 0.25) is 0 Å². The number of nitrogens with zero attached hydrogens (tertiary/aromatic N) is 2. The Hall–Kier alpha value is -1.94. The second-order valence-electron chi connectivity index (χ2n) is 6.30. The van der Waals surface area contributed by atoms with Crippen LogP contribution in [0, 0.1) is 0 Å². The van der Waals surface area contributed by atoms with E-state index in [1.54, 1.807) is 24.3 Å². The molecule has 1 aliphatic heterocycles. The van der Waals surface area contributed by atoms with Crippen molar-refractivity contribution in [3.63, 3.8) is 0 Å². The lowest BCUT2D eigenvalue weighted by Gasteiger charge is -2.28. The summed E-state index contributed by atoms with van der Waals surface area (Å²) in [7, 11) is -3.64. The summed E-state index contributed by atoms with van der Waals surface area (Å²) >= 11 is 1.34. The van der Waals surface area contributed by atoms with Crippen LogP contribution < -0.4 is 10.2 Å². The van der Waals surface area contributed by atoms with Crippen LogP contribution >= 0.6 is 11.3 Å². The molecule has 0 atom stereocenters. The summed E-state index contributed by atoms with van der Waals surface area (Å²) in [6.07, 6.45) is 0. The molecule has 1 N–H and O–H groups in total. The van der Waals surface area contributed by atoms with Gasteiger partial charge in [0.25, 0.3) is 5.91 Å². The van der Waals surface area contributed by atoms with Gasteiger partial charge in [0.15, 0.2) is 0 Å². The minimum absolute atomic E-state index is 0.173. The molecule has 1 fully saturated rings. The third-order valence-electron chi connectivity index (χ3n) is 4.67. The minimum atomic E-state index is -3.64. The van der Waals surface area contributed by atoms with Crippen LogP contribution in [0.25, 0.3) is 0 Å². The predicted molar refractivity (Wildman–Crippen MR) is 112 cm³/mol. The number of amides is 1. The average Bonchev–Trinajstić information content (AvgIpc) is 3.25. The van der Waals surface area contributed by atoms with Crippen LogP contribution in [-0.2, 0) is 14.8 Å². The van der Waals surface area contributed by atoms with Crippen molar-refractivity contribution in [2.75, 3.05) is 49.6 Å². The minimum Gasteiger partial charge on any atom is -0.379 e. The Morgan fingerprint density at radius 2 is 1.93 bits per heavy atom. The molecule has 0 spiro atoms. The van der Waals surface area contributed by atoms with E-state index < -0.39 is 10.0 Å². The number of anilines is 2. The number of hydrogen-bond acceptors (Lipinski definition) is 6. The van der Waals surface area contributed by atoms with Crippen molar-refractivity contribution >= 4 is 38.6 Å². The first kappa shape index (κ1) is 20.8. The van der Waals surface area contributed by atoms with Gasteiger partial charge in [-0.15, -0.1) is 11.3 Å². The van der Waals surface area contributed by atoms with Gasteiger partial charge in [-0.3, -0.25) is 4.79 Å². The lowest BCUT2D eigenvalue weighted by molar-refractivity contribution is 0.0730. The van der Waals surface area contributed by atoms with Crippen LogP contribution in [0.3, 0.4) is 0 Å². The number of rotatable bonds is 7. The van der Waals surface area contributed by atoms with Gasteiger partial charge < -0.3 is 15.0 Å². The van der Waals surface area contributed by atoms with Crippen LogP contribution in [0.15, 0.2) is 40.6 Å². The van der Waals surface area contributed by atoms with Crippen molar-refractivity contribution in [2.24, 2.45) is 0 Å². The molecule has 0 unspecified atom stereocenters. The van der Waals surface area contributed by atoms with Gasteiger partial charge in [0.2, 0.25) is 10.0 Å². The van der Waals surface area contributed by atoms with Crippen molar-refractivity contribution in [3.05, 3.63) is 40.6 Å². The molecular formula is C19H25N3O4S2. The number of carbonyl (C=O) groups excluding carboxylic acids is 1. The van der Waals surface area contributed by atoms with Gasteiger partial charge in [-0.05, 0) is 43.5 Å². The number of morpholine rings is 1. The number of nitrogens with one attached hydrogen (secondary N) is 1. The highest BCUT2D eigenvalue weighted by Crippen LogP contribution is 2.31. The molecule has 0 radical (unpaired) electrons. The Balaban J connectivity index is 1.98. The number of ether oxygens (including phenoxy) is 1. The third kappa shape index (κ3) is 4.38. The number of thiophene rings is 1. The molecule has 28 heavy (non-hydrogen) atoms. The number of carbonyl (C=O) groups is 1. The lowest BCUT2D eigenvalue weighted by atomic mass is 10.2. The Morgan fingerprint density at radius 1 is 1.21 bits per heavy atom. The Labute approximate surface area is 170 Å². The quantitative estimate of drug-likeness (QED) is 0.741. The van der Waals surface area contributed by atoms with Gasteiger partial charge in [0.05, 0.1) is 34.4 Å². The molecule has 7 nitrogen and oxygen atoms in total. The van der Waals surface area contributed by atoms with Gasteiger partial charge in [-0.2, -0.15) is 4.31 Å². The second-order valence-corrected chi connectivity index (χ2v) is 9.18. The second kappa shape index (κ2) is 9.04. The van der Waals surface area contributed by atoms with Gasteiger partial charge in [0.1, 0.15) is 0 Å². The highest BCUT2D eigenvalue weighted by molar-refractivity contribution is 7.89. The molecule has 1 aromatic heterocycles. The maximum absolute atomic E-state index is 13.0. The summed E-state index contributed by atoms with van der Waals surface area (Å²) in [5.74, 6) is -0.246. The molecule has 1 aliphatic rings. The first-order chi connectivity index (χ1) is 13.5. The lowest BCUT2D eigenvalue weighted by Crippen LogP contribution is -2.40. The predicted octanol–water partition coefficient (Wildman–Crippen LogP) is 2.87. The molecule has 0 aliphatic carbocycles. The Bertz CT molecular complexity index is 903. The zero-order valence-corrected chi connectivity index (χ0v) is 17.7. The summed E-state index contributed by atoms with van der Waals surface area (Å²) in [6, 6.07) is 8.49. The van der Waals surface area contributed by atoms with E-state index in [4.69, 9.17) is 4.74 Å². The molecule has 3 rings (SSSR count). The van der Waals surface area contributed by atoms with E-state index >= 15 is 0 Å². The van der Waals surface area contributed by atoms with E-state index in [1.165, 1.54) is 15.6 Å². The summed E-state index contributed by atoms with van der Waals surface area (Å²) in [6.45, 7) is 6.97. The first-order valence-corrected chi connectivity index (χ1v) is 11.6. The smallest absolute Gasteiger partial charge is 0.265 e. The van der Waals surface area contributed by atoms with Crippen LogP contribution in [0.1, 0.15) is 23.5 Å². The van der Waals surface area contributed by atoms with Crippen molar-refractivity contribution < 1.29 is 17.9 Å². The standard InChI is InChI=1S/C19H25N3O4S2/c1-3-21(4-2)17-8-7-15(28(24,25)22-9-11-26-12-10-22)14-16(17)20-19(23)18-6-5-13-27-18/h5-8,13-14H,3-4,9-12H2,1-2H3,(H,20,23). The van der Waals surface area contributed by atoms with Gasteiger partial charge >= 0.3 is 0 Å². The first-order valence-electron chi connectivity index (χ1n) is 9.29. The molecule has 0 saturated carbocycles. The van der Waals surface area contributed by atoms with Crippen molar-refractivity contribution in [1.82, 2.24) is 4.31 Å². The molecular weight excluding hydrogens is 398 g/mol. The molecule has 2 aromatic rings. The maximum Gasteiger partial charge on any atom is 0.265 e. The van der Waals surface area contributed by atoms with Crippen molar-refractivity contribution in [2.45, 2.75) is 18.7 Å². The fourth-order valence-corrected chi connectivity index (χ4v) is 5.20. The molecule has 1 amide bonds. The summed E-state index contributed by atoms with van der Waals surface area (Å²) in [5, 5.41) is 4.73.